The molecule has 0 amide bonds. The van der Waals surface area contributed by atoms with Crippen molar-refractivity contribution < 1.29 is 14.6 Å². The minimum absolute atomic E-state index is 0.0453. The van der Waals surface area contributed by atoms with Crippen LogP contribution in [0.3, 0.4) is 0 Å². The zero-order valence-electron chi connectivity index (χ0n) is 11.1. The minimum atomic E-state index is -0.315. The molecule has 0 aliphatic rings. The van der Waals surface area contributed by atoms with E-state index in [0.717, 1.165) is 10.9 Å². The molecule has 2 aromatic rings. The Hall–Kier alpha value is -2.34. The highest BCUT2D eigenvalue weighted by atomic mass is 16.5. The number of benzene rings is 1. The van der Waals surface area contributed by atoms with E-state index in [-0.39, 0.29) is 23.8 Å². The van der Waals surface area contributed by atoms with Gasteiger partial charge in [0.05, 0.1) is 19.2 Å². The molecule has 106 valence electrons. The van der Waals surface area contributed by atoms with E-state index in [1.165, 1.54) is 13.2 Å². The molecule has 6 heteroatoms. The molecule has 1 aromatic heterocycles. The number of aromatic nitrogens is 1. The van der Waals surface area contributed by atoms with Crippen LogP contribution < -0.4 is 10.9 Å². The highest BCUT2D eigenvalue weighted by molar-refractivity contribution is 5.87. The minimum Gasteiger partial charge on any atom is -0.506 e. The number of ether oxygens (including phenoxy) is 1. The fraction of sp³-hybridized carbons (Fsp3) is 0.286. The van der Waals surface area contributed by atoms with Gasteiger partial charge in [-0.05, 0) is 30.7 Å². The molecule has 0 bridgehead atoms. The Morgan fingerprint density at radius 2 is 2.15 bits per heavy atom. The average molecular weight is 276 g/mol. The second-order valence-electron chi connectivity index (χ2n) is 4.36. The first kappa shape index (κ1) is 14.1. The summed E-state index contributed by atoms with van der Waals surface area (Å²) < 4.78 is 4.53. The molecule has 1 heterocycles. The second-order valence-corrected chi connectivity index (χ2v) is 4.36. The summed E-state index contributed by atoms with van der Waals surface area (Å²) in [6.45, 7) is 0.747. The molecule has 0 saturated heterocycles. The number of phenols is 1. The zero-order valence-corrected chi connectivity index (χ0v) is 11.1. The molecule has 0 fully saturated rings. The van der Waals surface area contributed by atoms with Crippen molar-refractivity contribution in [3.05, 3.63) is 40.2 Å². The van der Waals surface area contributed by atoms with Crippen LogP contribution in [-0.2, 0) is 16.0 Å². The van der Waals surface area contributed by atoms with Crippen molar-refractivity contribution in [1.82, 2.24) is 10.3 Å². The number of phenolic OH excluding ortho intramolecular Hbond substituents is 1. The van der Waals surface area contributed by atoms with Crippen LogP contribution in [0.4, 0.5) is 0 Å². The number of carbonyl (C=O) groups excluding carboxylic acids is 1. The molecule has 3 N–H and O–H groups in total. The van der Waals surface area contributed by atoms with Crippen molar-refractivity contribution in [2.75, 3.05) is 20.2 Å². The van der Waals surface area contributed by atoms with Gasteiger partial charge in [0.2, 0.25) is 5.56 Å². The number of methoxy groups -OCH3 is 1. The van der Waals surface area contributed by atoms with Crippen LogP contribution in [-0.4, -0.2) is 36.3 Å². The third-order valence-corrected chi connectivity index (χ3v) is 3.03. The number of hydrogen-bond acceptors (Lipinski definition) is 5. The van der Waals surface area contributed by atoms with E-state index < -0.39 is 0 Å². The highest BCUT2D eigenvalue weighted by Crippen LogP contribution is 2.24. The van der Waals surface area contributed by atoms with Gasteiger partial charge in [0.15, 0.2) is 0 Å². The Balaban J connectivity index is 2.13. The second kappa shape index (κ2) is 6.21. The van der Waals surface area contributed by atoms with Crippen molar-refractivity contribution in [3.8, 4) is 5.75 Å². The maximum atomic E-state index is 11.3. The van der Waals surface area contributed by atoms with Gasteiger partial charge in [-0.25, -0.2) is 0 Å². The Morgan fingerprint density at radius 1 is 1.35 bits per heavy atom. The van der Waals surface area contributed by atoms with Crippen molar-refractivity contribution in [3.63, 3.8) is 0 Å². The Kier molecular flexibility index (Phi) is 4.37. The lowest BCUT2D eigenvalue weighted by atomic mass is 10.0. The maximum Gasteiger partial charge on any atom is 0.319 e. The fourth-order valence-electron chi connectivity index (χ4n) is 2.00. The highest BCUT2D eigenvalue weighted by Gasteiger charge is 2.06. The molecule has 20 heavy (non-hydrogen) atoms. The van der Waals surface area contributed by atoms with Crippen LogP contribution >= 0.6 is 0 Å². The molecule has 0 unspecified atom stereocenters. The van der Waals surface area contributed by atoms with Gasteiger partial charge in [0, 0.05) is 11.5 Å². The average Bonchev–Trinajstić information content (AvgIpc) is 2.45. The van der Waals surface area contributed by atoms with Gasteiger partial charge in [0.25, 0.3) is 0 Å². The molecule has 0 radical (unpaired) electrons. The van der Waals surface area contributed by atoms with E-state index in [0.29, 0.717) is 18.5 Å². The number of rotatable bonds is 5. The Morgan fingerprint density at radius 3 is 2.90 bits per heavy atom. The van der Waals surface area contributed by atoms with Crippen LogP contribution in [0.2, 0.25) is 0 Å². The molecule has 0 spiro atoms. The van der Waals surface area contributed by atoms with Gasteiger partial charge in [-0.1, -0.05) is 6.07 Å². The van der Waals surface area contributed by atoms with Gasteiger partial charge in [-0.15, -0.1) is 0 Å². The van der Waals surface area contributed by atoms with Crippen molar-refractivity contribution in [2.24, 2.45) is 0 Å². The summed E-state index contributed by atoms with van der Waals surface area (Å²) in [7, 11) is 1.34. The summed E-state index contributed by atoms with van der Waals surface area (Å²) in [5.41, 5.74) is 1.16. The topological polar surface area (TPSA) is 91.4 Å². The predicted octanol–water partition coefficient (Wildman–Crippen LogP) is 0.539. The number of H-pyrrole nitrogens is 1. The van der Waals surface area contributed by atoms with E-state index in [1.807, 2.05) is 0 Å². The van der Waals surface area contributed by atoms with Gasteiger partial charge in [-0.2, -0.15) is 0 Å². The van der Waals surface area contributed by atoms with Crippen molar-refractivity contribution in [2.45, 2.75) is 6.42 Å². The van der Waals surface area contributed by atoms with Gasteiger partial charge >= 0.3 is 5.97 Å². The molecule has 0 saturated carbocycles. The van der Waals surface area contributed by atoms with Crippen LogP contribution in [0.25, 0.3) is 10.9 Å². The van der Waals surface area contributed by atoms with E-state index in [4.69, 9.17) is 0 Å². The van der Waals surface area contributed by atoms with E-state index in [1.54, 1.807) is 18.2 Å². The fourth-order valence-corrected chi connectivity index (χ4v) is 2.00. The Labute approximate surface area is 115 Å². The molecular weight excluding hydrogens is 260 g/mol. The van der Waals surface area contributed by atoms with Crippen LogP contribution in [0.1, 0.15) is 5.56 Å². The Bertz CT molecular complexity index is 678. The third-order valence-electron chi connectivity index (χ3n) is 3.03. The van der Waals surface area contributed by atoms with E-state index in [2.05, 4.69) is 15.0 Å². The number of hydrogen-bond donors (Lipinski definition) is 3. The zero-order chi connectivity index (χ0) is 14.5. The summed E-state index contributed by atoms with van der Waals surface area (Å²) in [5, 5.41) is 13.5. The molecule has 2 rings (SSSR count). The van der Waals surface area contributed by atoms with Gasteiger partial charge in [0.1, 0.15) is 5.75 Å². The smallest absolute Gasteiger partial charge is 0.319 e. The van der Waals surface area contributed by atoms with Crippen LogP contribution in [0.15, 0.2) is 29.1 Å². The lowest BCUT2D eigenvalue weighted by Crippen LogP contribution is -2.25. The first-order valence-electron chi connectivity index (χ1n) is 6.23. The normalized spacial score (nSPS) is 10.7. The van der Waals surface area contributed by atoms with Crippen molar-refractivity contribution >= 4 is 16.9 Å². The number of aromatic amines is 1. The van der Waals surface area contributed by atoms with Gasteiger partial charge < -0.3 is 20.1 Å². The lowest BCUT2D eigenvalue weighted by Gasteiger charge is -2.08. The molecule has 1 aromatic carbocycles. The molecular formula is C14H16N2O4. The van der Waals surface area contributed by atoms with Crippen molar-refractivity contribution in [1.29, 1.82) is 0 Å². The summed E-state index contributed by atoms with van der Waals surface area (Å²) in [6.07, 6.45) is 0.666. The number of carbonyl (C=O) groups is 1. The van der Waals surface area contributed by atoms with E-state index in [9.17, 15) is 14.7 Å². The predicted molar refractivity (Wildman–Crippen MR) is 74.8 cm³/mol. The molecule has 0 aliphatic carbocycles. The summed E-state index contributed by atoms with van der Waals surface area (Å²) in [5.74, 6) is -0.270. The molecule has 0 aliphatic heterocycles. The monoisotopic (exact) mass is 276 g/mol. The molecule has 0 atom stereocenters. The SMILES string of the molecule is COC(=O)CNCCc1ccc(O)c2[nH]c(=O)ccc12. The van der Waals surface area contributed by atoms with Gasteiger partial charge in [-0.3, -0.25) is 9.59 Å². The number of esters is 1. The maximum absolute atomic E-state index is 11.3. The van der Waals surface area contributed by atoms with Crippen LogP contribution in [0.5, 0.6) is 5.75 Å². The quantitative estimate of drug-likeness (QED) is 0.547. The first-order valence-corrected chi connectivity index (χ1v) is 6.23. The third kappa shape index (κ3) is 3.16. The van der Waals surface area contributed by atoms with E-state index >= 15 is 0 Å². The number of aromatic hydroxyl groups is 1. The summed E-state index contributed by atoms with van der Waals surface area (Å²) in [6, 6.07) is 6.46. The summed E-state index contributed by atoms with van der Waals surface area (Å²) in [4.78, 5) is 24.9. The number of fused-ring (bicyclic) bond motifs is 1. The number of nitrogens with one attached hydrogen (secondary N) is 2. The number of pyridine rings is 1. The molecule has 6 nitrogen and oxygen atoms in total. The van der Waals surface area contributed by atoms with Crippen LogP contribution in [0, 0.1) is 0 Å². The lowest BCUT2D eigenvalue weighted by molar-refractivity contribution is -0.139. The standard InChI is InChI=1S/C14H16N2O4/c1-20-13(19)8-15-7-6-9-2-4-11(17)14-10(9)3-5-12(18)16-14/h2-5,15,17H,6-8H2,1H3,(H,16,18). The summed E-state index contributed by atoms with van der Waals surface area (Å²) >= 11 is 0. The first-order chi connectivity index (χ1) is 9.61. The largest absolute Gasteiger partial charge is 0.506 e.